The van der Waals surface area contributed by atoms with Gasteiger partial charge in [0, 0.05) is 11.8 Å². The topological polar surface area (TPSA) is 54.3 Å². The smallest absolute Gasteiger partial charge is 0.445 e. The summed E-state index contributed by atoms with van der Waals surface area (Å²) in [5.74, 6) is -1.62. The molecular weight excluding hydrogens is 335 g/mol. The largest absolute Gasteiger partial charge is 0.462 e. The molecular formula is C17H14F3N3O2. The Morgan fingerprint density at radius 2 is 1.92 bits per heavy atom. The number of ether oxygens (including phenoxy) is 1. The molecule has 2 aliphatic heterocycles. The van der Waals surface area contributed by atoms with Gasteiger partial charge in [-0.25, -0.2) is 14.8 Å². The first-order valence-corrected chi connectivity index (χ1v) is 7.52. The van der Waals surface area contributed by atoms with Gasteiger partial charge in [0.25, 0.3) is 0 Å². The van der Waals surface area contributed by atoms with Crippen LogP contribution in [0.2, 0.25) is 0 Å². The Kier molecular flexibility index (Phi) is 4.20. The number of esters is 1. The fourth-order valence-electron chi connectivity index (χ4n) is 2.46. The number of hydrogen-bond donors (Lipinski definition) is 0. The number of fused-ring (bicyclic) bond motifs is 1. The highest BCUT2D eigenvalue weighted by Crippen LogP contribution is 2.40. The van der Waals surface area contributed by atoms with Gasteiger partial charge >= 0.3 is 17.8 Å². The molecule has 0 spiro atoms. The minimum absolute atomic E-state index is 0.0309. The van der Waals surface area contributed by atoms with E-state index in [4.69, 9.17) is 0 Å². The van der Waals surface area contributed by atoms with Crippen LogP contribution in [0, 0.1) is 0 Å². The zero-order valence-electron chi connectivity index (χ0n) is 13.2. The summed E-state index contributed by atoms with van der Waals surface area (Å²) in [4.78, 5) is 20.9. The number of carbonyl (C=O) groups is 1. The third kappa shape index (κ3) is 2.84. The zero-order chi connectivity index (χ0) is 18.1. The molecule has 1 atom stereocenters. The molecule has 0 radical (unpaired) electrons. The number of aliphatic imine (C=N–C) groups is 2. The summed E-state index contributed by atoms with van der Waals surface area (Å²) in [5.41, 5.74) is -2.90. The number of carbonyl (C=O) groups excluding carboxylic acids is 1. The van der Waals surface area contributed by atoms with Crippen molar-refractivity contribution in [2.24, 2.45) is 9.98 Å². The van der Waals surface area contributed by atoms with Crippen molar-refractivity contribution >= 4 is 17.6 Å². The van der Waals surface area contributed by atoms with Gasteiger partial charge in [0.2, 0.25) is 0 Å². The second kappa shape index (κ2) is 6.19. The van der Waals surface area contributed by atoms with Crippen LogP contribution in [-0.2, 0) is 9.53 Å². The first kappa shape index (κ1) is 16.9. The Bertz CT molecular complexity index is 797. The molecule has 1 aromatic rings. The lowest BCUT2D eigenvalue weighted by molar-refractivity contribution is -0.203. The molecule has 5 nitrogen and oxygen atoms in total. The Balaban J connectivity index is 2.23. The maximum atomic E-state index is 13.8. The number of nitrogens with zero attached hydrogens (tertiary/aromatic N) is 3. The third-order valence-corrected chi connectivity index (χ3v) is 3.60. The van der Waals surface area contributed by atoms with E-state index in [2.05, 4.69) is 14.7 Å². The van der Waals surface area contributed by atoms with Crippen LogP contribution in [0.1, 0.15) is 12.5 Å². The maximum absolute atomic E-state index is 13.8. The molecule has 1 aromatic carbocycles. The van der Waals surface area contributed by atoms with Gasteiger partial charge < -0.3 is 4.74 Å². The van der Waals surface area contributed by atoms with Crippen LogP contribution in [0.4, 0.5) is 13.2 Å². The fraction of sp³-hybridized carbons (Fsp3) is 0.235. The van der Waals surface area contributed by atoms with Gasteiger partial charge in [-0.15, -0.1) is 0 Å². The van der Waals surface area contributed by atoms with Gasteiger partial charge in [0.1, 0.15) is 11.7 Å². The Labute approximate surface area is 141 Å². The number of rotatable bonds is 3. The zero-order valence-corrected chi connectivity index (χ0v) is 13.2. The van der Waals surface area contributed by atoms with Crippen molar-refractivity contribution in [3.8, 4) is 0 Å². The highest BCUT2D eigenvalue weighted by atomic mass is 19.4. The Morgan fingerprint density at radius 3 is 2.56 bits per heavy atom. The average Bonchev–Trinajstić information content (AvgIpc) is 2.60. The number of hydrogen-bond acceptors (Lipinski definition) is 5. The maximum Gasteiger partial charge on any atom is 0.445 e. The monoisotopic (exact) mass is 349 g/mol. The van der Waals surface area contributed by atoms with Gasteiger partial charge in [0.15, 0.2) is 0 Å². The molecule has 0 aliphatic carbocycles. The molecule has 2 heterocycles. The summed E-state index contributed by atoms with van der Waals surface area (Å²) in [5, 5.41) is 0. The molecule has 0 bridgehead atoms. The van der Waals surface area contributed by atoms with E-state index >= 15 is 0 Å². The molecule has 3 rings (SSSR count). The lowest BCUT2D eigenvalue weighted by Gasteiger charge is -2.35. The number of alkyl halides is 3. The molecule has 0 saturated carbocycles. The number of halogens is 3. The summed E-state index contributed by atoms with van der Waals surface area (Å²) >= 11 is 0. The molecule has 0 aromatic heterocycles. The normalized spacial score (nSPS) is 22.2. The standard InChI is InChI=1S/C17H14F3N3O2/c1-2-25-15(24)16(17(18,19)20)21-13-10-6-7-11-23(13)14(22-16)12-8-4-3-5-9-12/h3-11H,2H2,1H3/t16-/m1/s1. The van der Waals surface area contributed by atoms with Gasteiger partial charge in [-0.05, 0) is 19.1 Å². The fourth-order valence-corrected chi connectivity index (χ4v) is 2.46. The summed E-state index contributed by atoms with van der Waals surface area (Å²) in [7, 11) is 0. The SMILES string of the molecule is CCOC(=O)[C@@]1(C(F)(F)F)N=C2C=CC=CN2C(c2ccccc2)=N1. The molecule has 0 fully saturated rings. The second-order valence-electron chi connectivity index (χ2n) is 5.23. The van der Waals surface area contributed by atoms with Crippen LogP contribution in [0.5, 0.6) is 0 Å². The average molecular weight is 349 g/mol. The highest BCUT2D eigenvalue weighted by molar-refractivity contribution is 6.16. The van der Waals surface area contributed by atoms with Crippen LogP contribution >= 0.6 is 0 Å². The highest BCUT2D eigenvalue weighted by Gasteiger charge is 2.65. The number of allylic oxidation sites excluding steroid dienone is 2. The molecule has 0 amide bonds. The molecule has 25 heavy (non-hydrogen) atoms. The van der Waals surface area contributed by atoms with Crippen LogP contribution in [0.3, 0.4) is 0 Å². The van der Waals surface area contributed by atoms with E-state index in [9.17, 15) is 18.0 Å². The quantitative estimate of drug-likeness (QED) is 0.788. The van der Waals surface area contributed by atoms with E-state index in [0.717, 1.165) is 0 Å². The third-order valence-electron chi connectivity index (χ3n) is 3.60. The van der Waals surface area contributed by atoms with Crippen molar-refractivity contribution in [2.75, 3.05) is 6.61 Å². The first-order valence-electron chi connectivity index (χ1n) is 7.52. The van der Waals surface area contributed by atoms with Gasteiger partial charge in [-0.3, -0.25) is 4.90 Å². The van der Waals surface area contributed by atoms with Gasteiger partial charge in [0.05, 0.1) is 6.61 Å². The van der Waals surface area contributed by atoms with Crippen LogP contribution in [0.15, 0.2) is 64.7 Å². The van der Waals surface area contributed by atoms with E-state index in [1.165, 1.54) is 30.2 Å². The van der Waals surface area contributed by atoms with Crippen LogP contribution in [0.25, 0.3) is 0 Å². The minimum Gasteiger partial charge on any atom is -0.462 e. The lowest BCUT2D eigenvalue weighted by Crippen LogP contribution is -2.55. The van der Waals surface area contributed by atoms with Crippen molar-refractivity contribution in [2.45, 2.75) is 18.8 Å². The lowest BCUT2D eigenvalue weighted by atomic mass is 10.1. The molecule has 130 valence electrons. The predicted molar refractivity (Wildman–Crippen MR) is 86.0 cm³/mol. The Morgan fingerprint density at radius 1 is 1.20 bits per heavy atom. The minimum atomic E-state index is -5.05. The van der Waals surface area contributed by atoms with Crippen molar-refractivity contribution in [1.82, 2.24) is 4.90 Å². The second-order valence-corrected chi connectivity index (χ2v) is 5.23. The van der Waals surface area contributed by atoms with Gasteiger partial charge in [-0.1, -0.05) is 36.4 Å². The first-order chi connectivity index (χ1) is 11.9. The van der Waals surface area contributed by atoms with Crippen molar-refractivity contribution in [1.29, 1.82) is 0 Å². The summed E-state index contributed by atoms with van der Waals surface area (Å²) in [6, 6.07) is 8.30. The molecule has 0 saturated heterocycles. The van der Waals surface area contributed by atoms with Crippen molar-refractivity contribution < 1.29 is 22.7 Å². The predicted octanol–water partition coefficient (Wildman–Crippen LogP) is 3.05. The number of benzene rings is 1. The summed E-state index contributed by atoms with van der Waals surface area (Å²) < 4.78 is 46.2. The van der Waals surface area contributed by atoms with Crippen LogP contribution < -0.4 is 0 Å². The van der Waals surface area contributed by atoms with E-state index in [0.29, 0.717) is 5.56 Å². The molecule has 2 aliphatic rings. The van der Waals surface area contributed by atoms with E-state index in [1.54, 1.807) is 36.4 Å². The van der Waals surface area contributed by atoms with E-state index in [1.807, 2.05) is 0 Å². The van der Waals surface area contributed by atoms with Crippen molar-refractivity contribution in [3.05, 3.63) is 60.3 Å². The van der Waals surface area contributed by atoms with E-state index < -0.39 is 17.8 Å². The molecule has 0 unspecified atom stereocenters. The summed E-state index contributed by atoms with van der Waals surface area (Å²) in [6.07, 6.45) is 1.05. The van der Waals surface area contributed by atoms with Gasteiger partial charge in [-0.2, -0.15) is 13.2 Å². The van der Waals surface area contributed by atoms with Crippen molar-refractivity contribution in [3.63, 3.8) is 0 Å². The molecule has 8 heteroatoms. The summed E-state index contributed by atoms with van der Waals surface area (Å²) in [6.45, 7) is 1.21. The van der Waals surface area contributed by atoms with Crippen LogP contribution in [-0.4, -0.2) is 41.0 Å². The van der Waals surface area contributed by atoms with E-state index in [-0.39, 0.29) is 18.3 Å². The Hall–Kier alpha value is -2.90. The number of amidine groups is 2. The molecule has 0 N–H and O–H groups in total.